The molecule has 106 valence electrons. The zero-order valence-electron chi connectivity index (χ0n) is 11.2. The van der Waals surface area contributed by atoms with Gasteiger partial charge >= 0.3 is 0 Å². The van der Waals surface area contributed by atoms with Gasteiger partial charge in [-0.15, -0.1) is 0 Å². The molecule has 1 N–H and O–H groups in total. The van der Waals surface area contributed by atoms with E-state index in [1.807, 2.05) is 0 Å². The maximum Gasteiger partial charge on any atom is 0.0652 e. The van der Waals surface area contributed by atoms with E-state index in [0.29, 0.717) is 21.6 Å². The van der Waals surface area contributed by atoms with Gasteiger partial charge in [-0.1, -0.05) is 54.6 Å². The smallest absolute Gasteiger partial charge is 0.0652 e. The zero-order chi connectivity index (χ0) is 13.8. The Kier molecular flexibility index (Phi) is 5.83. The Morgan fingerprint density at radius 1 is 1.05 bits per heavy atom. The fourth-order valence-electron chi connectivity index (χ4n) is 2.67. The summed E-state index contributed by atoms with van der Waals surface area (Å²) in [6.07, 6.45) is 5.35. The van der Waals surface area contributed by atoms with Crippen LogP contribution in [0.1, 0.15) is 38.2 Å². The normalized spacial score (nSPS) is 23.6. The molecule has 2 rings (SSSR count). The van der Waals surface area contributed by atoms with Crippen LogP contribution in [0.5, 0.6) is 0 Å². The summed E-state index contributed by atoms with van der Waals surface area (Å²) in [4.78, 5) is 0. The molecule has 0 radical (unpaired) electrons. The van der Waals surface area contributed by atoms with Crippen molar-refractivity contribution in [3.05, 3.63) is 32.8 Å². The van der Waals surface area contributed by atoms with E-state index in [1.165, 1.54) is 25.7 Å². The summed E-state index contributed by atoms with van der Waals surface area (Å²) in [5, 5.41) is 5.28. The van der Waals surface area contributed by atoms with Gasteiger partial charge in [0.25, 0.3) is 0 Å². The Morgan fingerprint density at radius 3 is 2.37 bits per heavy atom. The van der Waals surface area contributed by atoms with Crippen molar-refractivity contribution in [2.45, 2.75) is 39.2 Å². The van der Waals surface area contributed by atoms with E-state index < -0.39 is 0 Å². The Balaban J connectivity index is 1.84. The van der Waals surface area contributed by atoms with Gasteiger partial charge in [0.1, 0.15) is 0 Å². The van der Waals surface area contributed by atoms with Crippen LogP contribution < -0.4 is 5.32 Å². The van der Waals surface area contributed by atoms with Crippen LogP contribution in [-0.4, -0.2) is 6.54 Å². The minimum atomic E-state index is 0.564. The van der Waals surface area contributed by atoms with Crippen LogP contribution in [0.4, 0.5) is 0 Å². The zero-order valence-corrected chi connectivity index (χ0v) is 13.5. The second-order valence-electron chi connectivity index (χ2n) is 5.58. The highest BCUT2D eigenvalue weighted by atomic mass is 35.5. The average molecular weight is 321 g/mol. The largest absolute Gasteiger partial charge is 0.312 e. The van der Waals surface area contributed by atoms with Gasteiger partial charge in [-0.05, 0) is 43.4 Å². The molecule has 0 heterocycles. The van der Waals surface area contributed by atoms with Crippen molar-refractivity contribution in [3.63, 3.8) is 0 Å². The molecule has 0 spiro atoms. The molecule has 1 saturated carbocycles. The molecule has 0 aliphatic heterocycles. The highest BCUT2D eigenvalue weighted by Gasteiger charge is 2.18. The van der Waals surface area contributed by atoms with Gasteiger partial charge in [0.15, 0.2) is 0 Å². The summed E-state index contributed by atoms with van der Waals surface area (Å²) >= 11 is 18.4. The molecule has 0 amide bonds. The van der Waals surface area contributed by atoms with Crippen LogP contribution in [0.2, 0.25) is 15.1 Å². The van der Waals surface area contributed by atoms with Crippen LogP contribution in [0, 0.1) is 11.8 Å². The number of rotatable bonds is 4. The van der Waals surface area contributed by atoms with Crippen molar-refractivity contribution < 1.29 is 0 Å². The topological polar surface area (TPSA) is 12.0 Å². The highest BCUT2D eigenvalue weighted by molar-refractivity contribution is 6.44. The summed E-state index contributed by atoms with van der Waals surface area (Å²) in [5.41, 5.74) is 0.903. The summed E-state index contributed by atoms with van der Waals surface area (Å²) in [7, 11) is 0. The summed E-state index contributed by atoms with van der Waals surface area (Å²) in [6, 6.07) is 3.54. The van der Waals surface area contributed by atoms with Gasteiger partial charge in [0.2, 0.25) is 0 Å². The molecule has 1 aliphatic carbocycles. The number of hydrogen-bond donors (Lipinski definition) is 1. The monoisotopic (exact) mass is 319 g/mol. The van der Waals surface area contributed by atoms with Gasteiger partial charge in [0, 0.05) is 17.1 Å². The first kappa shape index (κ1) is 15.4. The van der Waals surface area contributed by atoms with Crippen molar-refractivity contribution in [3.8, 4) is 0 Å². The van der Waals surface area contributed by atoms with Crippen LogP contribution >= 0.6 is 34.8 Å². The Morgan fingerprint density at radius 2 is 1.68 bits per heavy atom. The van der Waals surface area contributed by atoms with Crippen molar-refractivity contribution in [1.29, 1.82) is 0 Å². The fourth-order valence-corrected chi connectivity index (χ4v) is 3.35. The van der Waals surface area contributed by atoms with E-state index in [-0.39, 0.29) is 0 Å². The van der Waals surface area contributed by atoms with E-state index >= 15 is 0 Å². The molecule has 0 bridgehead atoms. The predicted octanol–water partition coefficient (Wildman–Crippen LogP) is 5.56. The Labute approximate surface area is 130 Å². The van der Waals surface area contributed by atoms with Gasteiger partial charge in [-0.2, -0.15) is 0 Å². The third-order valence-electron chi connectivity index (χ3n) is 4.01. The molecular weight excluding hydrogens is 301 g/mol. The Bertz CT molecular complexity index is 426. The summed E-state index contributed by atoms with van der Waals surface area (Å²) in [5.74, 6) is 1.68. The quantitative estimate of drug-likeness (QED) is 0.716. The summed E-state index contributed by atoms with van der Waals surface area (Å²) in [6.45, 7) is 4.06. The first-order valence-corrected chi connectivity index (χ1v) is 8.04. The van der Waals surface area contributed by atoms with Gasteiger partial charge < -0.3 is 5.32 Å². The van der Waals surface area contributed by atoms with Crippen LogP contribution in [0.3, 0.4) is 0 Å². The Hall–Kier alpha value is 0.0500. The second kappa shape index (κ2) is 7.17. The fraction of sp³-hybridized carbons (Fsp3) is 0.600. The number of nitrogens with one attached hydrogen (secondary N) is 1. The molecular formula is C15H20Cl3N. The van der Waals surface area contributed by atoms with Crippen LogP contribution in [-0.2, 0) is 6.54 Å². The molecule has 4 heteroatoms. The van der Waals surface area contributed by atoms with Crippen molar-refractivity contribution >= 4 is 34.8 Å². The molecule has 0 aromatic heterocycles. The first-order chi connectivity index (χ1) is 9.08. The molecule has 1 aliphatic rings. The van der Waals surface area contributed by atoms with Crippen molar-refractivity contribution in [2.75, 3.05) is 6.54 Å². The lowest BCUT2D eigenvalue weighted by molar-refractivity contribution is 0.281. The minimum absolute atomic E-state index is 0.564. The van der Waals surface area contributed by atoms with E-state index in [2.05, 4.69) is 12.2 Å². The summed E-state index contributed by atoms with van der Waals surface area (Å²) < 4.78 is 0. The first-order valence-electron chi connectivity index (χ1n) is 6.91. The van der Waals surface area contributed by atoms with Crippen LogP contribution in [0.25, 0.3) is 0 Å². The molecule has 19 heavy (non-hydrogen) atoms. The lowest BCUT2D eigenvalue weighted by Crippen LogP contribution is -2.26. The third kappa shape index (κ3) is 4.26. The molecule has 0 atom stereocenters. The molecule has 0 unspecified atom stereocenters. The highest BCUT2D eigenvalue weighted by Crippen LogP contribution is 2.32. The minimum Gasteiger partial charge on any atom is -0.312 e. The third-order valence-corrected chi connectivity index (χ3v) is 5.21. The molecule has 1 aromatic rings. The molecule has 0 saturated heterocycles. The van der Waals surface area contributed by atoms with Crippen molar-refractivity contribution in [1.82, 2.24) is 5.32 Å². The van der Waals surface area contributed by atoms with E-state index in [1.54, 1.807) is 12.1 Å². The maximum absolute atomic E-state index is 6.18. The maximum atomic E-state index is 6.18. The van der Waals surface area contributed by atoms with Crippen molar-refractivity contribution in [2.24, 2.45) is 11.8 Å². The number of halogens is 3. The lowest BCUT2D eigenvalue weighted by Gasteiger charge is -2.26. The molecule has 1 fully saturated rings. The SMILES string of the molecule is CC1CCC(CNCc2c(Cl)ccc(Cl)c2Cl)CC1. The van der Waals surface area contributed by atoms with Gasteiger partial charge in [-0.25, -0.2) is 0 Å². The standard InChI is InChI=1S/C15H20Cl3N/c1-10-2-4-11(5-3-10)8-19-9-12-13(16)6-7-14(17)15(12)18/h6-7,10-11,19H,2-5,8-9H2,1H3. The van der Waals surface area contributed by atoms with Gasteiger partial charge in [0.05, 0.1) is 10.0 Å². The molecule has 1 nitrogen and oxygen atoms in total. The number of benzene rings is 1. The van der Waals surface area contributed by atoms with E-state index in [9.17, 15) is 0 Å². The predicted molar refractivity (Wildman–Crippen MR) is 84.3 cm³/mol. The van der Waals surface area contributed by atoms with Crippen LogP contribution in [0.15, 0.2) is 12.1 Å². The average Bonchev–Trinajstić information content (AvgIpc) is 2.40. The molecule has 1 aromatic carbocycles. The van der Waals surface area contributed by atoms with Gasteiger partial charge in [-0.3, -0.25) is 0 Å². The lowest BCUT2D eigenvalue weighted by atomic mass is 9.83. The van der Waals surface area contributed by atoms with E-state index in [0.717, 1.165) is 23.9 Å². The van der Waals surface area contributed by atoms with E-state index in [4.69, 9.17) is 34.8 Å². The second-order valence-corrected chi connectivity index (χ2v) is 6.77. The number of hydrogen-bond acceptors (Lipinski definition) is 1.